The molecule has 7 N–H and O–H groups in total. The number of aliphatic carboxylic acids is 4. The van der Waals surface area contributed by atoms with Crippen molar-refractivity contribution in [1.29, 1.82) is 0 Å². The Morgan fingerprint density at radius 2 is 1.12 bits per heavy atom. The maximum absolute atomic E-state index is 12.2. The average Bonchev–Trinajstić information content (AvgIpc) is 3.28. The lowest BCUT2D eigenvalue weighted by atomic mass is 10.0. The van der Waals surface area contributed by atoms with Gasteiger partial charge in [-0.05, 0) is 49.9 Å². The van der Waals surface area contributed by atoms with E-state index >= 15 is 0 Å². The molecule has 67 heavy (non-hydrogen) atoms. The number of amides is 1. The van der Waals surface area contributed by atoms with Gasteiger partial charge in [-0.15, -0.1) is 0 Å². The van der Waals surface area contributed by atoms with E-state index in [-0.39, 0.29) is 77.9 Å². The highest BCUT2D eigenvalue weighted by Crippen LogP contribution is 2.21. The number of carbonyl (C=O) groups is 5. The van der Waals surface area contributed by atoms with Crippen molar-refractivity contribution in [1.82, 2.24) is 44.8 Å². The second kappa shape index (κ2) is 30.2. The zero-order valence-corrected chi connectivity index (χ0v) is 39.7. The van der Waals surface area contributed by atoms with Crippen molar-refractivity contribution in [2.75, 3.05) is 134 Å². The Kier molecular flexibility index (Phi) is 24.5. The fraction of sp³-hybridized carbons (Fsp3) is 0.696. The Balaban J connectivity index is 1.32. The molecule has 1 unspecified atom stereocenters. The fourth-order valence-electron chi connectivity index (χ4n) is 8.50. The molecule has 1 aromatic carbocycles. The van der Waals surface area contributed by atoms with Crippen molar-refractivity contribution in [3.05, 3.63) is 29.8 Å². The van der Waals surface area contributed by atoms with Gasteiger partial charge in [-0.1, -0.05) is 64.0 Å². The smallest absolute Gasteiger partial charge is 0.317 e. The van der Waals surface area contributed by atoms with Crippen LogP contribution in [0.1, 0.15) is 83.1 Å². The summed E-state index contributed by atoms with van der Waals surface area (Å²) >= 11 is 0. The summed E-state index contributed by atoms with van der Waals surface area (Å²) in [6.07, 6.45) is 12.5. The average molecular weight is 941 g/mol. The van der Waals surface area contributed by atoms with Crippen LogP contribution in [0.4, 0.5) is 23.5 Å². The lowest BCUT2D eigenvalue weighted by Crippen LogP contribution is -2.53. The molecule has 2 aliphatic heterocycles. The van der Waals surface area contributed by atoms with Crippen molar-refractivity contribution in [3.8, 4) is 0 Å². The lowest BCUT2D eigenvalue weighted by molar-refractivity contribution is -0.142. The molecule has 0 aliphatic carbocycles. The van der Waals surface area contributed by atoms with Gasteiger partial charge in [0, 0.05) is 104 Å². The zero-order valence-electron chi connectivity index (χ0n) is 39.7. The molecule has 2 aliphatic rings. The molecule has 2 aromatic rings. The van der Waals surface area contributed by atoms with Gasteiger partial charge in [0.2, 0.25) is 23.8 Å². The van der Waals surface area contributed by atoms with Crippen LogP contribution in [0.25, 0.3) is 0 Å². The summed E-state index contributed by atoms with van der Waals surface area (Å²) in [5, 5.41) is 48.2. The summed E-state index contributed by atoms with van der Waals surface area (Å²) in [4.78, 5) is 84.9. The fourth-order valence-corrected chi connectivity index (χ4v) is 8.50. The molecule has 3 heterocycles. The lowest BCUT2D eigenvalue weighted by Gasteiger charge is -2.37. The number of carboxylic acid groups (broad SMARTS) is 4. The summed E-state index contributed by atoms with van der Waals surface area (Å²) < 4.78 is 0. The maximum Gasteiger partial charge on any atom is 0.317 e. The van der Waals surface area contributed by atoms with E-state index in [1.54, 1.807) is 26.6 Å². The summed E-state index contributed by atoms with van der Waals surface area (Å²) in [5.41, 5.74) is 1.58. The standard InChI is InChI=1S/C46H76N12O9/c1-3-4-18-48-39(59)13-11-9-7-5-6-8-10-12-19-53-24-27-57(28-25-53)46-51-44(47-2)50-45(52-46)49-37-16-14-36(15-17-37)30-38-31-56(34-42(64)65)23-22-54(32-40(60)61)20-21-55(33-41(62)63)26-29-58(38)35-43(66)67/h14-17,38H,3-13,18-35H2,1-2H3,(H,48,59)(H,60,61)(H,62,63)(H,64,65)(H,66,67)(H2,47,49,50,51,52). The van der Waals surface area contributed by atoms with E-state index in [4.69, 9.17) is 4.98 Å². The topological polar surface area (TPSA) is 260 Å². The summed E-state index contributed by atoms with van der Waals surface area (Å²) in [7, 11) is 1.76. The predicted octanol–water partition coefficient (Wildman–Crippen LogP) is 2.68. The number of carbonyl (C=O) groups excluding carboxylic acids is 1. The first-order valence-corrected chi connectivity index (χ1v) is 24.1. The van der Waals surface area contributed by atoms with Crippen molar-refractivity contribution >= 4 is 53.3 Å². The third-order valence-corrected chi connectivity index (χ3v) is 12.2. The minimum atomic E-state index is -1.07. The van der Waals surface area contributed by atoms with Crippen LogP contribution in [-0.2, 0) is 30.4 Å². The molecule has 2 saturated heterocycles. The number of nitrogens with one attached hydrogen (secondary N) is 3. The molecule has 0 saturated carbocycles. The van der Waals surface area contributed by atoms with Gasteiger partial charge in [0.1, 0.15) is 0 Å². The van der Waals surface area contributed by atoms with Crippen molar-refractivity contribution in [2.45, 2.75) is 90.0 Å². The molecule has 0 radical (unpaired) electrons. The molecule has 1 atom stereocenters. The second-order valence-electron chi connectivity index (χ2n) is 17.7. The number of piperazine rings is 1. The van der Waals surface area contributed by atoms with Gasteiger partial charge >= 0.3 is 23.9 Å². The SMILES string of the molecule is CCCCNC(=O)CCCCCCCCCCN1CCN(c2nc(NC)nc(Nc3ccc(CC4CN(CC(=O)O)CCN(CC(=O)O)CCN(CC(=O)O)CCN4CC(=O)O)cc3)n2)CC1. The number of benzene rings is 1. The molecule has 1 amide bonds. The number of rotatable bonds is 28. The van der Waals surface area contributed by atoms with Crippen molar-refractivity contribution < 1.29 is 44.4 Å². The molecule has 374 valence electrons. The third-order valence-electron chi connectivity index (χ3n) is 12.2. The summed E-state index contributed by atoms with van der Waals surface area (Å²) in [6, 6.07) is 7.08. The first-order valence-electron chi connectivity index (χ1n) is 24.1. The van der Waals surface area contributed by atoms with Gasteiger partial charge in [0.25, 0.3) is 0 Å². The number of unbranched alkanes of at least 4 members (excludes halogenated alkanes) is 8. The van der Waals surface area contributed by atoms with Crippen LogP contribution >= 0.6 is 0 Å². The Labute approximate surface area is 395 Å². The van der Waals surface area contributed by atoms with Crippen LogP contribution in [0.5, 0.6) is 0 Å². The first-order chi connectivity index (χ1) is 32.3. The van der Waals surface area contributed by atoms with Gasteiger partial charge in [0.05, 0.1) is 26.2 Å². The third kappa shape index (κ3) is 22.0. The van der Waals surface area contributed by atoms with Crippen LogP contribution < -0.4 is 20.9 Å². The van der Waals surface area contributed by atoms with E-state index in [0.29, 0.717) is 36.4 Å². The van der Waals surface area contributed by atoms with E-state index in [1.165, 1.54) is 38.5 Å². The minimum Gasteiger partial charge on any atom is -0.480 e. The summed E-state index contributed by atoms with van der Waals surface area (Å²) in [5.74, 6) is -2.67. The Morgan fingerprint density at radius 3 is 1.70 bits per heavy atom. The van der Waals surface area contributed by atoms with E-state index < -0.39 is 29.9 Å². The quantitative estimate of drug-likeness (QED) is 0.0605. The van der Waals surface area contributed by atoms with Gasteiger partial charge in [-0.2, -0.15) is 15.0 Å². The van der Waals surface area contributed by atoms with Gasteiger partial charge in [-0.3, -0.25) is 48.5 Å². The molecule has 21 heteroatoms. The molecule has 4 rings (SSSR count). The van der Waals surface area contributed by atoms with Crippen molar-refractivity contribution in [3.63, 3.8) is 0 Å². The zero-order chi connectivity index (χ0) is 48.4. The first kappa shape index (κ1) is 54.4. The number of hydrogen-bond donors (Lipinski definition) is 7. The van der Waals surface area contributed by atoms with E-state index in [0.717, 1.165) is 70.5 Å². The summed E-state index contributed by atoms with van der Waals surface area (Å²) in [6.45, 7) is 7.65. The highest BCUT2D eigenvalue weighted by atomic mass is 16.4. The highest BCUT2D eigenvalue weighted by Gasteiger charge is 2.28. The Hall–Kier alpha value is -5.22. The van der Waals surface area contributed by atoms with Gasteiger partial charge < -0.3 is 41.3 Å². The van der Waals surface area contributed by atoms with Crippen molar-refractivity contribution in [2.24, 2.45) is 0 Å². The Morgan fingerprint density at radius 1 is 0.597 bits per heavy atom. The van der Waals surface area contributed by atoms with Crippen LogP contribution in [0.3, 0.4) is 0 Å². The normalized spacial score (nSPS) is 17.6. The molecular formula is C46H76N12O9. The van der Waals surface area contributed by atoms with Crippen LogP contribution in [0, 0.1) is 0 Å². The molecule has 21 nitrogen and oxygen atoms in total. The van der Waals surface area contributed by atoms with Crippen LogP contribution in [0.2, 0.25) is 0 Å². The van der Waals surface area contributed by atoms with Crippen LogP contribution in [0.15, 0.2) is 24.3 Å². The molecule has 2 fully saturated rings. The number of hydrogen-bond acceptors (Lipinski definition) is 16. The molecule has 1 aromatic heterocycles. The second-order valence-corrected chi connectivity index (χ2v) is 17.7. The van der Waals surface area contributed by atoms with Gasteiger partial charge in [0.15, 0.2) is 0 Å². The number of aromatic nitrogens is 3. The van der Waals surface area contributed by atoms with E-state index in [9.17, 15) is 44.4 Å². The predicted molar refractivity (Wildman–Crippen MR) is 256 cm³/mol. The molecule has 0 bridgehead atoms. The highest BCUT2D eigenvalue weighted by molar-refractivity contribution is 5.75. The van der Waals surface area contributed by atoms with Gasteiger partial charge in [-0.25, -0.2) is 0 Å². The van der Waals surface area contributed by atoms with Crippen LogP contribution in [-0.4, -0.2) is 214 Å². The maximum atomic E-state index is 12.2. The molecular weight excluding hydrogens is 865 g/mol. The van der Waals surface area contributed by atoms with E-state index in [1.807, 2.05) is 24.3 Å². The Bertz CT molecular complexity index is 1820. The minimum absolute atomic E-state index is 0.179. The number of anilines is 4. The largest absolute Gasteiger partial charge is 0.480 e. The van der Waals surface area contributed by atoms with E-state index in [2.05, 4.69) is 42.6 Å². The number of carboxylic acids is 4. The molecule has 0 spiro atoms. The monoisotopic (exact) mass is 941 g/mol. The number of nitrogens with zero attached hydrogens (tertiary/aromatic N) is 9.